The van der Waals surface area contributed by atoms with Gasteiger partial charge in [0.2, 0.25) is 0 Å². The molecule has 1 heterocycles. The van der Waals surface area contributed by atoms with Crippen molar-refractivity contribution in [2.24, 2.45) is 0 Å². The number of nitrogens with zero attached hydrogens (tertiary/aromatic N) is 1. The molecule has 0 amide bonds. The minimum Gasteiger partial charge on any atom is -0.398 e. The molecule has 0 atom stereocenters. The first-order valence-electron chi connectivity index (χ1n) is 5.82. The molecule has 0 bridgehead atoms. The minimum absolute atomic E-state index is 0.342. The summed E-state index contributed by atoms with van der Waals surface area (Å²) in [5, 5.41) is 0.342. The topological polar surface area (TPSA) is 75.4 Å². The summed E-state index contributed by atoms with van der Waals surface area (Å²) in [7, 11) is -3.48. The Kier molecular flexibility index (Phi) is 3.99. The molecule has 1 aromatic carbocycles. The molecule has 7 heteroatoms. The second kappa shape index (κ2) is 5.34. The van der Waals surface area contributed by atoms with Gasteiger partial charge in [-0.2, -0.15) is 12.7 Å². The lowest BCUT2D eigenvalue weighted by Gasteiger charge is -2.26. The molecule has 0 unspecified atom stereocenters. The van der Waals surface area contributed by atoms with Crippen molar-refractivity contribution in [1.82, 2.24) is 4.31 Å². The summed E-state index contributed by atoms with van der Waals surface area (Å²) in [5.41, 5.74) is 6.43. The van der Waals surface area contributed by atoms with Gasteiger partial charge in [-0.25, -0.2) is 0 Å². The highest BCUT2D eigenvalue weighted by Crippen LogP contribution is 2.24. The van der Waals surface area contributed by atoms with Crippen molar-refractivity contribution in [3.8, 4) is 0 Å². The van der Waals surface area contributed by atoms with Crippen molar-refractivity contribution in [1.29, 1.82) is 0 Å². The second-order valence-electron chi connectivity index (χ2n) is 4.30. The predicted molar refractivity (Wildman–Crippen MR) is 73.8 cm³/mol. The highest BCUT2D eigenvalue weighted by Gasteiger charge is 2.23. The molecule has 2 rings (SSSR count). The largest absolute Gasteiger partial charge is 0.398 e. The molecule has 1 aliphatic rings. The van der Waals surface area contributed by atoms with Crippen molar-refractivity contribution in [2.75, 3.05) is 23.5 Å². The summed E-state index contributed by atoms with van der Waals surface area (Å²) in [6, 6.07) is 4.69. The minimum atomic E-state index is -3.48. The summed E-state index contributed by atoms with van der Waals surface area (Å²) in [6.45, 7) is 1.13. The number of nitrogens with two attached hydrogens (primary N) is 1. The Balaban J connectivity index is 2.13. The Morgan fingerprint density at radius 1 is 1.22 bits per heavy atom. The Bertz CT molecular complexity index is 527. The average molecular weight is 290 g/mol. The Morgan fingerprint density at radius 2 is 1.89 bits per heavy atom. The number of piperidine rings is 1. The van der Waals surface area contributed by atoms with Gasteiger partial charge in [-0.15, -0.1) is 0 Å². The molecule has 100 valence electrons. The molecular formula is C11H16ClN3O2S. The van der Waals surface area contributed by atoms with Gasteiger partial charge < -0.3 is 5.73 Å². The van der Waals surface area contributed by atoms with Gasteiger partial charge >= 0.3 is 10.2 Å². The smallest absolute Gasteiger partial charge is 0.301 e. The van der Waals surface area contributed by atoms with E-state index in [4.69, 9.17) is 17.3 Å². The third kappa shape index (κ3) is 3.07. The molecule has 0 saturated carbocycles. The van der Waals surface area contributed by atoms with E-state index in [1.165, 1.54) is 10.4 Å². The van der Waals surface area contributed by atoms with Crippen LogP contribution in [0.1, 0.15) is 19.3 Å². The maximum Gasteiger partial charge on any atom is 0.301 e. The molecular weight excluding hydrogens is 274 g/mol. The SMILES string of the molecule is Nc1ccc(NS(=O)(=O)N2CCCCC2)cc1Cl. The summed E-state index contributed by atoms with van der Waals surface area (Å²) in [4.78, 5) is 0. The number of nitrogens with one attached hydrogen (secondary N) is 1. The zero-order valence-electron chi connectivity index (χ0n) is 9.89. The van der Waals surface area contributed by atoms with E-state index in [2.05, 4.69) is 4.72 Å². The Hall–Kier alpha value is -0.980. The molecule has 3 N–H and O–H groups in total. The quantitative estimate of drug-likeness (QED) is 0.837. The molecule has 1 aromatic rings. The second-order valence-corrected chi connectivity index (χ2v) is 6.38. The van der Waals surface area contributed by atoms with Crippen LogP contribution in [0.5, 0.6) is 0 Å². The van der Waals surface area contributed by atoms with E-state index in [1.54, 1.807) is 12.1 Å². The number of nitrogen functional groups attached to an aromatic ring is 1. The van der Waals surface area contributed by atoms with Crippen molar-refractivity contribution >= 4 is 33.2 Å². The fourth-order valence-electron chi connectivity index (χ4n) is 1.91. The van der Waals surface area contributed by atoms with Gasteiger partial charge in [-0.05, 0) is 31.0 Å². The van der Waals surface area contributed by atoms with E-state index in [0.29, 0.717) is 29.5 Å². The first-order chi connectivity index (χ1) is 8.49. The normalized spacial score (nSPS) is 17.6. The van der Waals surface area contributed by atoms with Gasteiger partial charge in [0.15, 0.2) is 0 Å². The lowest BCUT2D eigenvalue weighted by molar-refractivity contribution is 0.349. The van der Waals surface area contributed by atoms with Crippen LogP contribution in [0.4, 0.5) is 11.4 Å². The summed E-state index contributed by atoms with van der Waals surface area (Å²) in [6.07, 6.45) is 2.90. The van der Waals surface area contributed by atoms with Crippen LogP contribution < -0.4 is 10.5 Å². The van der Waals surface area contributed by atoms with Crippen LogP contribution in [0.2, 0.25) is 5.02 Å². The van der Waals surface area contributed by atoms with Gasteiger partial charge in [0.25, 0.3) is 0 Å². The number of anilines is 2. The molecule has 5 nitrogen and oxygen atoms in total. The average Bonchev–Trinajstić information content (AvgIpc) is 2.35. The van der Waals surface area contributed by atoms with Gasteiger partial charge in [0.05, 0.1) is 16.4 Å². The maximum atomic E-state index is 12.1. The lowest BCUT2D eigenvalue weighted by atomic mass is 10.2. The van der Waals surface area contributed by atoms with Crippen molar-refractivity contribution in [2.45, 2.75) is 19.3 Å². The van der Waals surface area contributed by atoms with Crippen LogP contribution in [0.3, 0.4) is 0 Å². The monoisotopic (exact) mass is 289 g/mol. The van der Waals surface area contributed by atoms with Crippen LogP contribution in [0.25, 0.3) is 0 Å². The molecule has 1 saturated heterocycles. The number of benzene rings is 1. The molecule has 0 aliphatic carbocycles. The van der Waals surface area contributed by atoms with E-state index < -0.39 is 10.2 Å². The Morgan fingerprint density at radius 3 is 2.50 bits per heavy atom. The van der Waals surface area contributed by atoms with E-state index in [0.717, 1.165) is 19.3 Å². The molecule has 0 radical (unpaired) electrons. The zero-order valence-corrected chi connectivity index (χ0v) is 11.5. The summed E-state index contributed by atoms with van der Waals surface area (Å²) < 4.78 is 28.2. The first kappa shape index (κ1) is 13.5. The van der Waals surface area contributed by atoms with Gasteiger partial charge in [0, 0.05) is 13.1 Å². The zero-order chi connectivity index (χ0) is 13.2. The molecule has 18 heavy (non-hydrogen) atoms. The van der Waals surface area contributed by atoms with Crippen LogP contribution in [-0.4, -0.2) is 25.8 Å². The van der Waals surface area contributed by atoms with Crippen LogP contribution in [0, 0.1) is 0 Å². The predicted octanol–water partition coefficient (Wildman–Crippen LogP) is 2.06. The van der Waals surface area contributed by atoms with Crippen molar-refractivity contribution in [3.05, 3.63) is 23.2 Å². The van der Waals surface area contributed by atoms with Crippen LogP contribution >= 0.6 is 11.6 Å². The van der Waals surface area contributed by atoms with Gasteiger partial charge in [-0.3, -0.25) is 4.72 Å². The molecule has 0 aromatic heterocycles. The summed E-state index contributed by atoms with van der Waals surface area (Å²) >= 11 is 5.86. The first-order valence-corrected chi connectivity index (χ1v) is 7.64. The highest BCUT2D eigenvalue weighted by molar-refractivity contribution is 7.90. The number of hydrogen-bond acceptors (Lipinski definition) is 3. The van der Waals surface area contributed by atoms with Crippen molar-refractivity contribution < 1.29 is 8.42 Å². The third-order valence-electron chi connectivity index (χ3n) is 2.90. The fourth-order valence-corrected chi connectivity index (χ4v) is 3.38. The van der Waals surface area contributed by atoms with Crippen LogP contribution in [0.15, 0.2) is 18.2 Å². The number of rotatable bonds is 3. The van der Waals surface area contributed by atoms with E-state index in [9.17, 15) is 8.42 Å². The molecule has 1 aliphatic heterocycles. The van der Waals surface area contributed by atoms with Gasteiger partial charge in [0.1, 0.15) is 0 Å². The summed E-state index contributed by atoms with van der Waals surface area (Å²) in [5.74, 6) is 0. The third-order valence-corrected chi connectivity index (χ3v) is 4.77. The van der Waals surface area contributed by atoms with E-state index in [-0.39, 0.29) is 0 Å². The standard InChI is InChI=1S/C11H16ClN3O2S/c12-10-8-9(4-5-11(10)13)14-18(16,17)15-6-2-1-3-7-15/h4-5,8,14H,1-3,6-7,13H2. The van der Waals surface area contributed by atoms with Crippen LogP contribution in [-0.2, 0) is 10.2 Å². The van der Waals surface area contributed by atoms with Crippen molar-refractivity contribution in [3.63, 3.8) is 0 Å². The van der Waals surface area contributed by atoms with E-state index >= 15 is 0 Å². The van der Waals surface area contributed by atoms with E-state index in [1.807, 2.05) is 0 Å². The lowest BCUT2D eigenvalue weighted by Crippen LogP contribution is -2.39. The number of halogens is 1. The highest BCUT2D eigenvalue weighted by atomic mass is 35.5. The molecule has 0 spiro atoms. The Labute approximate surface area is 112 Å². The molecule has 1 fully saturated rings. The van der Waals surface area contributed by atoms with Gasteiger partial charge in [-0.1, -0.05) is 18.0 Å². The maximum absolute atomic E-state index is 12.1. The fraction of sp³-hybridized carbons (Fsp3) is 0.455. The number of hydrogen-bond donors (Lipinski definition) is 2.